The van der Waals surface area contributed by atoms with E-state index in [2.05, 4.69) is 5.32 Å². The zero-order chi connectivity index (χ0) is 16.0. The first kappa shape index (κ1) is 17.5. The number of carbonyl (C=O) groups is 1. The smallest absolute Gasteiger partial charge is 0.237 e. The van der Waals surface area contributed by atoms with Gasteiger partial charge in [0.2, 0.25) is 5.91 Å². The molecule has 0 bridgehead atoms. The number of nitrogens with zero attached hydrogens (tertiary/aromatic N) is 1. The molecule has 1 amide bonds. The van der Waals surface area contributed by atoms with E-state index < -0.39 is 6.10 Å². The van der Waals surface area contributed by atoms with Crippen molar-refractivity contribution >= 4 is 5.91 Å². The minimum Gasteiger partial charge on any atom is -0.497 e. The highest BCUT2D eigenvalue weighted by molar-refractivity contribution is 5.82. The van der Waals surface area contributed by atoms with Crippen LogP contribution in [0, 0.1) is 5.92 Å². The molecule has 2 atom stereocenters. The van der Waals surface area contributed by atoms with Crippen LogP contribution in [-0.2, 0) is 4.79 Å². The molecule has 0 heterocycles. The van der Waals surface area contributed by atoms with Crippen LogP contribution in [0.2, 0.25) is 0 Å². The Bertz CT molecular complexity index is 453. The Morgan fingerprint density at radius 3 is 2.57 bits per heavy atom. The molecule has 118 valence electrons. The average molecular weight is 294 g/mol. The Hall–Kier alpha value is -1.59. The van der Waals surface area contributed by atoms with E-state index in [0.29, 0.717) is 5.75 Å². The summed E-state index contributed by atoms with van der Waals surface area (Å²) in [5.74, 6) is 0.817. The van der Waals surface area contributed by atoms with Gasteiger partial charge in [0.1, 0.15) is 5.75 Å². The van der Waals surface area contributed by atoms with Gasteiger partial charge in [0.25, 0.3) is 0 Å². The van der Waals surface area contributed by atoms with Crippen LogP contribution in [0.5, 0.6) is 5.75 Å². The van der Waals surface area contributed by atoms with Crippen molar-refractivity contribution < 1.29 is 14.6 Å². The third kappa shape index (κ3) is 5.02. The van der Waals surface area contributed by atoms with Crippen molar-refractivity contribution in [2.45, 2.75) is 26.0 Å². The van der Waals surface area contributed by atoms with Crippen molar-refractivity contribution in [3.05, 3.63) is 29.8 Å². The minimum absolute atomic E-state index is 0.0723. The molecular weight excluding hydrogens is 268 g/mol. The lowest BCUT2D eigenvalue weighted by atomic mass is 10.0. The molecule has 0 aliphatic rings. The van der Waals surface area contributed by atoms with Crippen molar-refractivity contribution in [3.63, 3.8) is 0 Å². The number of hydrogen-bond donors (Lipinski definition) is 2. The number of aliphatic hydroxyl groups is 1. The van der Waals surface area contributed by atoms with E-state index in [9.17, 15) is 9.90 Å². The summed E-state index contributed by atoms with van der Waals surface area (Å²) in [5.41, 5.74) is 0.723. The summed E-state index contributed by atoms with van der Waals surface area (Å²) in [6.07, 6.45) is -0.751. The van der Waals surface area contributed by atoms with Crippen molar-refractivity contribution in [1.82, 2.24) is 10.2 Å². The molecule has 21 heavy (non-hydrogen) atoms. The van der Waals surface area contributed by atoms with Gasteiger partial charge in [0, 0.05) is 6.54 Å². The summed E-state index contributed by atoms with van der Waals surface area (Å²) < 4.78 is 5.13. The van der Waals surface area contributed by atoms with Gasteiger partial charge in [-0.05, 0) is 37.7 Å². The van der Waals surface area contributed by atoms with Crippen LogP contribution in [0.1, 0.15) is 25.5 Å². The van der Waals surface area contributed by atoms with Gasteiger partial charge in [0.15, 0.2) is 0 Å². The number of nitrogens with one attached hydrogen (secondary N) is 1. The molecule has 0 aliphatic heterocycles. The highest BCUT2D eigenvalue weighted by Gasteiger charge is 2.24. The molecule has 0 aliphatic carbocycles. The van der Waals surface area contributed by atoms with E-state index in [0.717, 1.165) is 5.56 Å². The number of hydrogen-bond acceptors (Lipinski definition) is 4. The van der Waals surface area contributed by atoms with Crippen molar-refractivity contribution in [1.29, 1.82) is 0 Å². The Labute approximate surface area is 126 Å². The molecule has 1 aromatic carbocycles. The molecule has 1 rings (SSSR count). The van der Waals surface area contributed by atoms with Crippen LogP contribution in [0.3, 0.4) is 0 Å². The lowest BCUT2D eigenvalue weighted by Crippen LogP contribution is -2.47. The molecule has 0 radical (unpaired) electrons. The summed E-state index contributed by atoms with van der Waals surface area (Å²) >= 11 is 0. The van der Waals surface area contributed by atoms with Crippen LogP contribution in [0.25, 0.3) is 0 Å². The van der Waals surface area contributed by atoms with E-state index in [-0.39, 0.29) is 24.4 Å². The van der Waals surface area contributed by atoms with E-state index in [1.54, 1.807) is 13.2 Å². The maximum Gasteiger partial charge on any atom is 0.237 e. The molecule has 0 spiro atoms. The van der Waals surface area contributed by atoms with Gasteiger partial charge in [-0.3, -0.25) is 9.69 Å². The lowest BCUT2D eigenvalue weighted by molar-refractivity contribution is -0.127. The molecular formula is C16H26N2O3. The quantitative estimate of drug-likeness (QED) is 0.798. The van der Waals surface area contributed by atoms with Gasteiger partial charge in [0.05, 0.1) is 19.3 Å². The first-order valence-corrected chi connectivity index (χ1v) is 7.13. The van der Waals surface area contributed by atoms with Crippen molar-refractivity contribution in [2.24, 2.45) is 5.92 Å². The maximum absolute atomic E-state index is 12.2. The SMILES string of the molecule is COc1cccc(C(O)CNC(=O)C(C(C)C)N(C)C)c1. The van der Waals surface area contributed by atoms with Crippen molar-refractivity contribution in [2.75, 3.05) is 27.7 Å². The molecule has 0 saturated heterocycles. The summed E-state index contributed by atoms with van der Waals surface area (Å²) in [6, 6.07) is 7.00. The summed E-state index contributed by atoms with van der Waals surface area (Å²) in [4.78, 5) is 14.1. The Morgan fingerprint density at radius 1 is 1.38 bits per heavy atom. The first-order chi connectivity index (χ1) is 9.86. The number of methoxy groups -OCH3 is 1. The van der Waals surface area contributed by atoms with E-state index >= 15 is 0 Å². The number of rotatable bonds is 7. The van der Waals surface area contributed by atoms with Crippen molar-refractivity contribution in [3.8, 4) is 5.75 Å². The van der Waals surface area contributed by atoms with Crippen LogP contribution in [0.4, 0.5) is 0 Å². The van der Waals surface area contributed by atoms with E-state index in [4.69, 9.17) is 4.74 Å². The molecule has 0 fully saturated rings. The fraction of sp³-hybridized carbons (Fsp3) is 0.562. The fourth-order valence-corrected chi connectivity index (χ4v) is 2.40. The Morgan fingerprint density at radius 2 is 2.05 bits per heavy atom. The van der Waals surface area contributed by atoms with Crippen LogP contribution >= 0.6 is 0 Å². The number of benzene rings is 1. The highest BCUT2D eigenvalue weighted by atomic mass is 16.5. The third-order valence-corrected chi connectivity index (χ3v) is 3.40. The number of likely N-dealkylation sites (N-methyl/N-ethyl adjacent to an activating group) is 1. The second-order valence-corrected chi connectivity index (χ2v) is 5.69. The van der Waals surface area contributed by atoms with Gasteiger partial charge in [-0.25, -0.2) is 0 Å². The second kappa shape index (κ2) is 8.00. The summed E-state index contributed by atoms with van der Waals surface area (Å²) in [7, 11) is 5.34. The minimum atomic E-state index is -0.751. The maximum atomic E-state index is 12.2. The molecule has 0 aromatic heterocycles. The van der Waals surface area contributed by atoms with Crippen LogP contribution in [-0.4, -0.2) is 49.7 Å². The van der Waals surface area contributed by atoms with Gasteiger partial charge >= 0.3 is 0 Å². The highest BCUT2D eigenvalue weighted by Crippen LogP contribution is 2.18. The molecule has 2 N–H and O–H groups in total. The molecule has 2 unspecified atom stereocenters. The second-order valence-electron chi connectivity index (χ2n) is 5.69. The monoisotopic (exact) mass is 294 g/mol. The largest absolute Gasteiger partial charge is 0.497 e. The first-order valence-electron chi connectivity index (χ1n) is 7.13. The standard InChI is InChI=1S/C16H26N2O3/c1-11(2)15(18(3)4)16(20)17-10-14(19)12-7-6-8-13(9-12)21-5/h6-9,11,14-15,19H,10H2,1-5H3,(H,17,20). The normalized spacial score (nSPS) is 14.1. The number of aliphatic hydroxyl groups excluding tert-OH is 1. The third-order valence-electron chi connectivity index (χ3n) is 3.40. The van der Waals surface area contributed by atoms with Gasteiger partial charge in [-0.1, -0.05) is 26.0 Å². The molecule has 1 aromatic rings. The zero-order valence-electron chi connectivity index (χ0n) is 13.5. The predicted octanol–water partition coefficient (Wildman–Crippen LogP) is 1.43. The topological polar surface area (TPSA) is 61.8 Å². The average Bonchev–Trinajstić information content (AvgIpc) is 2.44. The number of amides is 1. The fourth-order valence-electron chi connectivity index (χ4n) is 2.40. The van der Waals surface area contributed by atoms with Crippen LogP contribution < -0.4 is 10.1 Å². The van der Waals surface area contributed by atoms with Gasteiger partial charge in [-0.15, -0.1) is 0 Å². The summed E-state index contributed by atoms with van der Waals surface area (Å²) in [5, 5.41) is 13.0. The number of ether oxygens (including phenoxy) is 1. The van der Waals surface area contributed by atoms with Gasteiger partial charge < -0.3 is 15.2 Å². The Kier molecular flexibility index (Phi) is 6.65. The molecule has 0 saturated carbocycles. The molecule has 5 heteroatoms. The summed E-state index contributed by atoms with van der Waals surface area (Å²) in [6.45, 7) is 4.19. The van der Waals surface area contributed by atoms with Crippen LogP contribution in [0.15, 0.2) is 24.3 Å². The molecule has 5 nitrogen and oxygen atoms in total. The Balaban J connectivity index is 2.63. The number of carbonyl (C=O) groups excluding carboxylic acids is 1. The predicted molar refractivity (Wildman–Crippen MR) is 83.3 cm³/mol. The van der Waals surface area contributed by atoms with Gasteiger partial charge in [-0.2, -0.15) is 0 Å². The van der Waals surface area contributed by atoms with E-state index in [1.165, 1.54) is 0 Å². The zero-order valence-corrected chi connectivity index (χ0v) is 13.5. The lowest BCUT2D eigenvalue weighted by Gasteiger charge is -2.27. The van der Waals surface area contributed by atoms with E-state index in [1.807, 2.05) is 51.0 Å².